The van der Waals surface area contributed by atoms with E-state index in [1.807, 2.05) is 42.6 Å². The number of para-hydroxylation sites is 2. The van der Waals surface area contributed by atoms with Crippen molar-refractivity contribution in [1.82, 2.24) is 19.6 Å². The van der Waals surface area contributed by atoms with Crippen LogP contribution in [0.25, 0.3) is 21.8 Å². The molecular formula is C26H26ClN4O3P. The minimum atomic E-state index is -3.61. The van der Waals surface area contributed by atoms with Crippen LogP contribution in [0.1, 0.15) is 30.9 Å². The molecule has 9 heteroatoms. The molecule has 0 aliphatic rings. The van der Waals surface area contributed by atoms with Crippen molar-refractivity contribution in [2.45, 2.75) is 26.2 Å². The zero-order valence-corrected chi connectivity index (χ0v) is 21.2. The molecule has 7 nitrogen and oxygen atoms in total. The highest BCUT2D eigenvalue weighted by Crippen LogP contribution is 2.61. The number of benzene rings is 3. The highest BCUT2D eigenvalue weighted by Gasteiger charge is 2.39. The summed E-state index contributed by atoms with van der Waals surface area (Å²) in [6.45, 7) is 4.57. The third-order valence-corrected chi connectivity index (χ3v) is 8.52. The molecule has 2 aromatic heterocycles. The molecule has 0 saturated carbocycles. The van der Waals surface area contributed by atoms with E-state index in [0.717, 1.165) is 16.7 Å². The average Bonchev–Trinajstić information content (AvgIpc) is 3.44. The molecule has 5 rings (SSSR count). The molecule has 0 fully saturated rings. The monoisotopic (exact) mass is 508 g/mol. The molecule has 0 saturated heterocycles. The fourth-order valence-electron chi connectivity index (χ4n) is 4.49. The third-order valence-electron chi connectivity index (χ3n) is 5.89. The molecule has 1 atom stereocenters. The molecule has 1 unspecified atom stereocenters. The molecule has 0 radical (unpaired) electrons. The lowest BCUT2D eigenvalue weighted by Gasteiger charge is -2.26. The molecule has 0 aliphatic heterocycles. The van der Waals surface area contributed by atoms with Gasteiger partial charge in [0, 0.05) is 26.8 Å². The van der Waals surface area contributed by atoms with Crippen molar-refractivity contribution in [3.8, 4) is 0 Å². The number of halogens is 1. The van der Waals surface area contributed by atoms with E-state index in [-0.39, 0.29) is 13.2 Å². The van der Waals surface area contributed by atoms with Crippen molar-refractivity contribution in [1.29, 1.82) is 0 Å². The van der Waals surface area contributed by atoms with Crippen molar-refractivity contribution >= 4 is 41.0 Å². The van der Waals surface area contributed by atoms with Crippen molar-refractivity contribution in [3.63, 3.8) is 0 Å². The van der Waals surface area contributed by atoms with Crippen LogP contribution in [-0.4, -0.2) is 32.8 Å². The van der Waals surface area contributed by atoms with Crippen molar-refractivity contribution < 1.29 is 13.6 Å². The fraction of sp³-hybridized carbons (Fsp3) is 0.231. The van der Waals surface area contributed by atoms with Crippen molar-refractivity contribution in [2.24, 2.45) is 0 Å². The predicted molar refractivity (Wildman–Crippen MR) is 139 cm³/mol. The summed E-state index contributed by atoms with van der Waals surface area (Å²) in [4.78, 5) is 0. The Bertz CT molecular complexity index is 1450. The summed E-state index contributed by atoms with van der Waals surface area (Å²) < 4.78 is 29.1. The summed E-state index contributed by atoms with van der Waals surface area (Å²) in [5.74, 6) is -0.793. The van der Waals surface area contributed by atoms with E-state index in [9.17, 15) is 4.57 Å². The van der Waals surface area contributed by atoms with Gasteiger partial charge in [0.15, 0.2) is 5.78 Å². The Morgan fingerprint density at radius 2 is 1.46 bits per heavy atom. The zero-order chi connectivity index (χ0) is 24.4. The average molecular weight is 509 g/mol. The minimum Gasteiger partial charge on any atom is -0.334 e. The van der Waals surface area contributed by atoms with Gasteiger partial charge in [0.25, 0.3) is 0 Å². The second kappa shape index (κ2) is 9.96. The van der Waals surface area contributed by atoms with Gasteiger partial charge in [-0.25, -0.2) is 4.68 Å². The first-order chi connectivity index (χ1) is 17.0. The number of hydrogen-bond donors (Lipinski definition) is 0. The topological polar surface area (TPSA) is 71.2 Å². The van der Waals surface area contributed by atoms with Gasteiger partial charge in [0.2, 0.25) is 0 Å². The number of nitrogens with zero attached hydrogens (tertiary/aromatic N) is 4. The standard InChI is InChI=1S/C26H26ClN4O3P/c1-3-33-35(32,34-4-2)26(19-13-15-20(27)16-14-19)31-18-21(28-29-31)17-30-24-11-7-5-9-22(24)23-10-6-8-12-25(23)30/h5-16,18,26H,3-4,17H2,1-2H3. The summed E-state index contributed by atoms with van der Waals surface area (Å²) >= 11 is 6.11. The maximum Gasteiger partial charge on any atom is 0.359 e. The molecule has 0 bridgehead atoms. The Morgan fingerprint density at radius 3 is 2.03 bits per heavy atom. The Kier molecular flexibility index (Phi) is 6.76. The maximum absolute atomic E-state index is 13.9. The molecule has 0 N–H and O–H groups in total. The lowest BCUT2D eigenvalue weighted by atomic mass is 10.2. The van der Waals surface area contributed by atoms with Gasteiger partial charge in [0.05, 0.1) is 26.0 Å². The lowest BCUT2D eigenvalue weighted by molar-refractivity contribution is 0.206. The van der Waals surface area contributed by atoms with Gasteiger partial charge in [-0.15, -0.1) is 5.10 Å². The van der Waals surface area contributed by atoms with Crippen LogP contribution in [0.3, 0.4) is 0 Å². The molecule has 180 valence electrons. The van der Waals surface area contributed by atoms with Crippen LogP contribution in [0, 0.1) is 0 Å². The van der Waals surface area contributed by atoms with Gasteiger partial charge in [-0.3, -0.25) is 4.57 Å². The number of fused-ring (bicyclic) bond motifs is 3. The van der Waals surface area contributed by atoms with E-state index >= 15 is 0 Å². The van der Waals surface area contributed by atoms with Crippen molar-refractivity contribution in [3.05, 3.63) is 95.3 Å². The summed E-state index contributed by atoms with van der Waals surface area (Å²) in [5, 5.41) is 11.8. The van der Waals surface area contributed by atoms with E-state index in [4.69, 9.17) is 20.6 Å². The number of rotatable bonds is 9. The fourth-order valence-corrected chi connectivity index (χ4v) is 6.64. The zero-order valence-electron chi connectivity index (χ0n) is 19.5. The molecule has 0 aliphatic carbocycles. The second-order valence-electron chi connectivity index (χ2n) is 8.11. The molecule has 2 heterocycles. The lowest BCUT2D eigenvalue weighted by Crippen LogP contribution is -2.16. The van der Waals surface area contributed by atoms with Gasteiger partial charge in [0.1, 0.15) is 5.69 Å². The van der Waals surface area contributed by atoms with E-state index in [0.29, 0.717) is 17.1 Å². The van der Waals surface area contributed by atoms with Crippen LogP contribution in [-0.2, 0) is 20.2 Å². The predicted octanol–water partition coefficient (Wildman–Crippen LogP) is 6.90. The van der Waals surface area contributed by atoms with E-state index in [1.165, 1.54) is 10.8 Å². The molecule has 3 aromatic carbocycles. The quantitative estimate of drug-likeness (QED) is 0.202. The van der Waals surface area contributed by atoms with Gasteiger partial charge in [-0.1, -0.05) is 65.3 Å². The first-order valence-electron chi connectivity index (χ1n) is 11.5. The van der Waals surface area contributed by atoms with Crippen LogP contribution in [0.2, 0.25) is 5.02 Å². The highest BCUT2D eigenvalue weighted by molar-refractivity contribution is 7.54. The minimum absolute atomic E-state index is 0.240. The van der Waals surface area contributed by atoms with Gasteiger partial charge in [-0.05, 0) is 43.7 Å². The molecular weight excluding hydrogens is 483 g/mol. The molecule has 0 spiro atoms. The number of hydrogen-bond acceptors (Lipinski definition) is 5. The Hall–Kier alpha value is -2.96. The second-order valence-corrected chi connectivity index (χ2v) is 10.6. The Morgan fingerprint density at radius 1 is 0.886 bits per heavy atom. The van der Waals surface area contributed by atoms with Gasteiger partial charge in [-0.2, -0.15) is 0 Å². The smallest absolute Gasteiger partial charge is 0.334 e. The Labute approximate surface area is 208 Å². The molecule has 35 heavy (non-hydrogen) atoms. The molecule has 5 aromatic rings. The normalized spacial score (nSPS) is 13.0. The first kappa shape index (κ1) is 23.8. The maximum atomic E-state index is 13.9. The highest BCUT2D eigenvalue weighted by atomic mass is 35.5. The van der Waals surface area contributed by atoms with Crippen LogP contribution in [0.15, 0.2) is 79.0 Å². The summed E-state index contributed by atoms with van der Waals surface area (Å²) in [6.07, 6.45) is 1.81. The van der Waals surface area contributed by atoms with Crippen molar-refractivity contribution in [2.75, 3.05) is 13.2 Å². The van der Waals surface area contributed by atoms with Crippen LogP contribution >= 0.6 is 19.2 Å². The van der Waals surface area contributed by atoms with Crippen LogP contribution in [0.4, 0.5) is 0 Å². The summed E-state index contributed by atoms with van der Waals surface area (Å²) in [6, 6.07) is 23.8. The summed E-state index contributed by atoms with van der Waals surface area (Å²) in [7, 11) is -3.61. The molecule has 0 amide bonds. The largest absolute Gasteiger partial charge is 0.359 e. The van der Waals surface area contributed by atoms with E-state index in [1.54, 1.807) is 30.7 Å². The number of aromatic nitrogens is 4. The van der Waals surface area contributed by atoms with E-state index in [2.05, 4.69) is 39.1 Å². The third kappa shape index (κ3) is 4.53. The van der Waals surface area contributed by atoms with Gasteiger partial charge >= 0.3 is 7.60 Å². The Balaban J connectivity index is 1.58. The van der Waals surface area contributed by atoms with Gasteiger partial charge < -0.3 is 13.6 Å². The van der Waals surface area contributed by atoms with Crippen LogP contribution in [0.5, 0.6) is 0 Å². The first-order valence-corrected chi connectivity index (χ1v) is 13.5. The SMILES string of the molecule is CCOP(=O)(OCC)C(c1ccc(Cl)cc1)n1cc(Cn2c3ccccc3c3ccccc32)nn1. The summed E-state index contributed by atoms with van der Waals surface area (Å²) in [5.41, 5.74) is 3.68. The van der Waals surface area contributed by atoms with E-state index < -0.39 is 13.4 Å². The van der Waals surface area contributed by atoms with Crippen LogP contribution < -0.4 is 0 Å².